The maximum Gasteiger partial charge on any atom is 0.321 e. The molecule has 1 atom stereocenters. The molecule has 3 N–H and O–H groups in total. The smallest absolute Gasteiger partial charge is 0.321 e. The zero-order valence-electron chi connectivity index (χ0n) is 8.39. The first-order valence-corrected chi connectivity index (χ1v) is 6.30. The van der Waals surface area contributed by atoms with E-state index in [0.717, 1.165) is 0 Å². The van der Waals surface area contributed by atoms with Gasteiger partial charge in [0.25, 0.3) is 0 Å². The van der Waals surface area contributed by atoms with Gasteiger partial charge in [0.05, 0.1) is 0 Å². The van der Waals surface area contributed by atoms with Crippen LogP contribution in [0.4, 0.5) is 0 Å². The van der Waals surface area contributed by atoms with E-state index in [1.165, 1.54) is 0 Å². The molecule has 0 aromatic carbocycles. The molecule has 6 heteroatoms. The Morgan fingerprint density at radius 3 is 1.67 bits per heavy atom. The van der Waals surface area contributed by atoms with Crippen molar-refractivity contribution in [2.45, 2.75) is 25.3 Å². The highest BCUT2D eigenvalue weighted by Crippen LogP contribution is 2.35. The van der Waals surface area contributed by atoms with Gasteiger partial charge in [0.1, 0.15) is 6.04 Å². The minimum absolute atomic E-state index is 0.356. The zero-order valence-corrected chi connectivity index (χ0v) is 10.7. The fourth-order valence-corrected chi connectivity index (χ4v) is 2.80. The molecule has 1 unspecified atom stereocenters. The van der Waals surface area contributed by atoms with Gasteiger partial charge in [0.15, 0.2) is 0 Å². The number of rotatable bonds is 8. The number of carboxylic acid groups (broad SMARTS) is 1. The highest BCUT2D eigenvalue weighted by molar-refractivity contribution is 6.18. The standard InChI is InChI=1S/C9H16Cl3NO2/c10-4-1-9(2-5-11,3-6-12)7(13)8(14)15/h7H,1-6,13H2,(H,14,15). The summed E-state index contributed by atoms with van der Waals surface area (Å²) in [5.74, 6) is 0.0356. The van der Waals surface area contributed by atoms with E-state index in [1.54, 1.807) is 0 Å². The molecule has 0 bridgehead atoms. The molecule has 0 spiro atoms. The van der Waals surface area contributed by atoms with Crippen LogP contribution < -0.4 is 5.73 Å². The molecule has 90 valence electrons. The van der Waals surface area contributed by atoms with Crippen molar-refractivity contribution < 1.29 is 9.90 Å². The van der Waals surface area contributed by atoms with Crippen molar-refractivity contribution in [1.82, 2.24) is 0 Å². The summed E-state index contributed by atoms with van der Waals surface area (Å²) in [4.78, 5) is 10.9. The molecule has 0 aromatic rings. The summed E-state index contributed by atoms with van der Waals surface area (Å²) < 4.78 is 0. The van der Waals surface area contributed by atoms with Crippen LogP contribution in [0.5, 0.6) is 0 Å². The molecule has 15 heavy (non-hydrogen) atoms. The number of carbonyl (C=O) groups is 1. The molecule has 0 aliphatic heterocycles. The molecule has 0 amide bonds. The number of alkyl halides is 3. The zero-order chi connectivity index (χ0) is 11.9. The Morgan fingerprint density at radius 1 is 1.13 bits per heavy atom. The van der Waals surface area contributed by atoms with E-state index in [1.807, 2.05) is 0 Å². The van der Waals surface area contributed by atoms with Crippen molar-refractivity contribution in [3.05, 3.63) is 0 Å². The highest BCUT2D eigenvalue weighted by Gasteiger charge is 2.39. The van der Waals surface area contributed by atoms with Crippen molar-refractivity contribution >= 4 is 40.8 Å². The molecule has 0 saturated carbocycles. The topological polar surface area (TPSA) is 63.3 Å². The van der Waals surface area contributed by atoms with E-state index >= 15 is 0 Å². The van der Waals surface area contributed by atoms with Crippen LogP contribution in [0.2, 0.25) is 0 Å². The Balaban J connectivity index is 4.81. The Labute approximate surface area is 105 Å². The van der Waals surface area contributed by atoms with Gasteiger partial charge in [-0.05, 0) is 24.7 Å². The van der Waals surface area contributed by atoms with Crippen molar-refractivity contribution in [1.29, 1.82) is 0 Å². The van der Waals surface area contributed by atoms with Crippen molar-refractivity contribution in [2.24, 2.45) is 11.1 Å². The second-order valence-corrected chi connectivity index (χ2v) is 4.63. The third-order valence-electron chi connectivity index (χ3n) is 2.70. The summed E-state index contributed by atoms with van der Waals surface area (Å²) in [6.45, 7) is 0. The second-order valence-electron chi connectivity index (χ2n) is 3.50. The lowest BCUT2D eigenvalue weighted by atomic mass is 9.73. The molecule has 0 saturated heterocycles. The van der Waals surface area contributed by atoms with Gasteiger partial charge in [0.2, 0.25) is 0 Å². The highest BCUT2D eigenvalue weighted by atomic mass is 35.5. The molecule has 0 aliphatic carbocycles. The first-order valence-electron chi connectivity index (χ1n) is 4.70. The average molecular weight is 277 g/mol. The van der Waals surface area contributed by atoms with Gasteiger partial charge in [-0.2, -0.15) is 0 Å². The van der Waals surface area contributed by atoms with E-state index in [0.29, 0.717) is 36.9 Å². The summed E-state index contributed by atoms with van der Waals surface area (Å²) in [6.07, 6.45) is 1.55. The first kappa shape index (κ1) is 15.3. The average Bonchev–Trinajstić information content (AvgIpc) is 2.17. The molecule has 0 aliphatic rings. The summed E-state index contributed by atoms with van der Waals surface area (Å²) in [5.41, 5.74) is 5.09. The summed E-state index contributed by atoms with van der Waals surface area (Å²) in [7, 11) is 0. The maximum atomic E-state index is 10.9. The predicted octanol–water partition coefficient (Wildman–Crippen LogP) is 2.27. The van der Waals surface area contributed by atoms with E-state index in [9.17, 15) is 4.79 Å². The maximum absolute atomic E-state index is 10.9. The minimum atomic E-state index is -1.03. The fraction of sp³-hybridized carbons (Fsp3) is 0.889. The lowest BCUT2D eigenvalue weighted by Gasteiger charge is -2.35. The van der Waals surface area contributed by atoms with E-state index in [4.69, 9.17) is 45.6 Å². The van der Waals surface area contributed by atoms with Crippen molar-refractivity contribution in [2.75, 3.05) is 17.6 Å². The molecular weight excluding hydrogens is 260 g/mol. The van der Waals surface area contributed by atoms with Crippen LogP contribution in [0.3, 0.4) is 0 Å². The van der Waals surface area contributed by atoms with Crippen LogP contribution in [-0.2, 0) is 4.79 Å². The molecule has 0 radical (unpaired) electrons. The molecular formula is C9H16Cl3NO2. The van der Waals surface area contributed by atoms with Gasteiger partial charge in [0, 0.05) is 17.6 Å². The molecule has 3 nitrogen and oxygen atoms in total. The third kappa shape index (κ3) is 4.35. The van der Waals surface area contributed by atoms with Gasteiger partial charge < -0.3 is 10.8 Å². The number of hydrogen-bond acceptors (Lipinski definition) is 2. The van der Waals surface area contributed by atoms with E-state index < -0.39 is 17.4 Å². The summed E-state index contributed by atoms with van der Waals surface area (Å²) in [6, 6.07) is -0.964. The quantitative estimate of drug-likeness (QED) is 0.669. The normalized spacial score (nSPS) is 13.9. The van der Waals surface area contributed by atoms with Crippen LogP contribution >= 0.6 is 34.8 Å². The number of halogens is 3. The van der Waals surface area contributed by atoms with Crippen molar-refractivity contribution in [3.8, 4) is 0 Å². The first-order chi connectivity index (χ1) is 7.04. The molecule has 0 fully saturated rings. The number of hydrogen-bond donors (Lipinski definition) is 2. The molecule has 0 aromatic heterocycles. The van der Waals surface area contributed by atoms with Crippen LogP contribution in [-0.4, -0.2) is 34.8 Å². The Morgan fingerprint density at radius 2 is 1.47 bits per heavy atom. The number of nitrogens with two attached hydrogens (primary N) is 1. The summed E-state index contributed by atoms with van der Waals surface area (Å²) >= 11 is 17.0. The van der Waals surface area contributed by atoms with E-state index in [-0.39, 0.29) is 0 Å². The van der Waals surface area contributed by atoms with Gasteiger partial charge in [-0.1, -0.05) is 0 Å². The Bertz CT molecular complexity index is 185. The fourth-order valence-electron chi connectivity index (χ4n) is 1.67. The van der Waals surface area contributed by atoms with Crippen molar-refractivity contribution in [3.63, 3.8) is 0 Å². The van der Waals surface area contributed by atoms with Gasteiger partial charge in [-0.25, -0.2) is 0 Å². The Kier molecular flexibility index (Phi) is 7.70. The molecule has 0 heterocycles. The van der Waals surface area contributed by atoms with E-state index in [2.05, 4.69) is 0 Å². The molecule has 0 rings (SSSR count). The monoisotopic (exact) mass is 275 g/mol. The lowest BCUT2D eigenvalue weighted by molar-refractivity contribution is -0.142. The summed E-state index contributed by atoms with van der Waals surface area (Å²) in [5, 5.41) is 8.94. The van der Waals surface area contributed by atoms with Crippen LogP contribution in [0.1, 0.15) is 19.3 Å². The second kappa shape index (κ2) is 7.55. The van der Waals surface area contributed by atoms with Crippen LogP contribution in [0, 0.1) is 5.41 Å². The van der Waals surface area contributed by atoms with Crippen LogP contribution in [0.25, 0.3) is 0 Å². The Hall–Kier alpha value is 0.300. The number of aliphatic carboxylic acids is 1. The van der Waals surface area contributed by atoms with Gasteiger partial charge in [-0.3, -0.25) is 4.79 Å². The lowest BCUT2D eigenvalue weighted by Crippen LogP contribution is -2.48. The SMILES string of the molecule is NC(C(=O)O)C(CCCl)(CCCl)CCCl. The van der Waals surface area contributed by atoms with Crippen LogP contribution in [0.15, 0.2) is 0 Å². The predicted molar refractivity (Wildman–Crippen MR) is 64.1 cm³/mol. The largest absolute Gasteiger partial charge is 0.480 e. The van der Waals surface area contributed by atoms with Gasteiger partial charge >= 0.3 is 5.97 Å². The number of carboxylic acids is 1. The third-order valence-corrected chi connectivity index (χ3v) is 3.27. The van der Waals surface area contributed by atoms with Gasteiger partial charge in [-0.15, -0.1) is 34.8 Å². The minimum Gasteiger partial charge on any atom is -0.480 e.